The molecule has 26 heavy (non-hydrogen) atoms. The topological polar surface area (TPSA) is 64.9 Å². The Kier molecular flexibility index (Phi) is 6.05. The molecule has 0 aromatic heterocycles. The predicted molar refractivity (Wildman–Crippen MR) is 102 cm³/mol. The van der Waals surface area contributed by atoms with Crippen molar-refractivity contribution < 1.29 is 4.79 Å². The third-order valence-corrected chi connectivity index (χ3v) is 4.72. The summed E-state index contributed by atoms with van der Waals surface area (Å²) in [6, 6.07) is 21.7. The number of nitrogens with one attached hydrogen (secondary N) is 2. The van der Waals surface area contributed by atoms with Gasteiger partial charge in [0, 0.05) is 12.2 Å². The molecule has 0 atom stereocenters. The first-order valence-corrected chi connectivity index (χ1v) is 9.05. The Balaban J connectivity index is 1.78. The van der Waals surface area contributed by atoms with Gasteiger partial charge in [-0.05, 0) is 24.0 Å². The van der Waals surface area contributed by atoms with Crippen molar-refractivity contribution in [2.24, 2.45) is 0 Å². The van der Waals surface area contributed by atoms with E-state index in [9.17, 15) is 10.1 Å². The van der Waals surface area contributed by atoms with Crippen molar-refractivity contribution in [3.05, 3.63) is 83.6 Å². The predicted octanol–water partition coefficient (Wildman–Crippen LogP) is 3.83. The molecule has 0 bridgehead atoms. The minimum Gasteiger partial charge on any atom is -0.387 e. The molecule has 2 aromatic rings. The molecule has 0 radical (unpaired) electrons. The number of nitrogens with zero attached hydrogens (tertiary/aromatic N) is 1. The Bertz CT molecular complexity index is 748. The summed E-state index contributed by atoms with van der Waals surface area (Å²) in [5, 5.41) is 15.6. The highest BCUT2D eigenvalue weighted by atomic mass is 16.1. The lowest BCUT2D eigenvalue weighted by atomic mass is 9.98. The van der Waals surface area contributed by atoms with Crippen molar-refractivity contribution in [1.82, 2.24) is 10.6 Å². The summed E-state index contributed by atoms with van der Waals surface area (Å²) in [5.41, 5.74) is 2.06. The van der Waals surface area contributed by atoms with E-state index in [1.807, 2.05) is 66.7 Å². The van der Waals surface area contributed by atoms with Gasteiger partial charge in [0.25, 0.3) is 5.91 Å². The number of amides is 1. The van der Waals surface area contributed by atoms with Crippen molar-refractivity contribution in [1.29, 1.82) is 5.26 Å². The quantitative estimate of drug-likeness (QED) is 0.618. The Hall–Kier alpha value is -3.06. The zero-order valence-corrected chi connectivity index (χ0v) is 14.7. The van der Waals surface area contributed by atoms with Crippen LogP contribution < -0.4 is 10.6 Å². The molecule has 3 rings (SSSR count). The van der Waals surface area contributed by atoms with Crippen LogP contribution in [0, 0.1) is 11.3 Å². The lowest BCUT2D eigenvalue weighted by Crippen LogP contribution is -2.31. The van der Waals surface area contributed by atoms with E-state index in [2.05, 4.69) is 10.6 Å². The average Bonchev–Trinajstić information content (AvgIpc) is 3.21. The summed E-state index contributed by atoms with van der Waals surface area (Å²) in [4.78, 5) is 12.7. The van der Waals surface area contributed by atoms with E-state index < -0.39 is 0 Å². The van der Waals surface area contributed by atoms with Gasteiger partial charge in [0.1, 0.15) is 11.6 Å². The van der Waals surface area contributed by atoms with Crippen molar-refractivity contribution in [2.45, 2.75) is 37.8 Å². The maximum absolute atomic E-state index is 12.7. The molecule has 0 heterocycles. The fourth-order valence-corrected chi connectivity index (χ4v) is 3.30. The van der Waals surface area contributed by atoms with Crippen LogP contribution in [-0.2, 0) is 4.79 Å². The first-order valence-electron chi connectivity index (χ1n) is 9.05. The lowest BCUT2D eigenvalue weighted by molar-refractivity contribution is -0.117. The van der Waals surface area contributed by atoms with Gasteiger partial charge in [-0.15, -0.1) is 0 Å². The van der Waals surface area contributed by atoms with Crippen LogP contribution in [0.25, 0.3) is 0 Å². The molecular formula is C22H23N3O. The second kappa shape index (κ2) is 8.87. The largest absolute Gasteiger partial charge is 0.387 e. The molecular weight excluding hydrogens is 322 g/mol. The Morgan fingerprint density at radius 3 is 2.04 bits per heavy atom. The first-order chi connectivity index (χ1) is 12.8. The van der Waals surface area contributed by atoms with Gasteiger partial charge < -0.3 is 10.6 Å². The molecule has 0 aliphatic heterocycles. The number of carbonyl (C=O) groups excluding carboxylic acids is 1. The van der Waals surface area contributed by atoms with Crippen LogP contribution in [0.15, 0.2) is 72.4 Å². The molecule has 132 valence electrons. The molecule has 2 N–H and O–H groups in total. The van der Waals surface area contributed by atoms with E-state index in [0.717, 1.165) is 24.0 Å². The van der Waals surface area contributed by atoms with Gasteiger partial charge >= 0.3 is 0 Å². The van der Waals surface area contributed by atoms with Crippen LogP contribution in [0.3, 0.4) is 0 Å². The maximum atomic E-state index is 12.7. The summed E-state index contributed by atoms with van der Waals surface area (Å²) in [6.45, 7) is 0. The summed E-state index contributed by atoms with van der Waals surface area (Å²) in [7, 11) is 0. The van der Waals surface area contributed by atoms with E-state index in [-0.39, 0.29) is 17.5 Å². The minimum atomic E-state index is -0.365. The van der Waals surface area contributed by atoms with E-state index in [1.54, 1.807) is 6.20 Å². The molecule has 2 aromatic carbocycles. The van der Waals surface area contributed by atoms with E-state index in [4.69, 9.17) is 0 Å². The summed E-state index contributed by atoms with van der Waals surface area (Å²) in [6.07, 6.45) is 6.15. The lowest BCUT2D eigenvalue weighted by Gasteiger charge is -2.20. The highest BCUT2D eigenvalue weighted by molar-refractivity contribution is 5.97. The van der Waals surface area contributed by atoms with Crippen molar-refractivity contribution >= 4 is 5.91 Å². The Morgan fingerprint density at radius 2 is 1.54 bits per heavy atom. The number of benzene rings is 2. The molecule has 1 amide bonds. The second-order valence-corrected chi connectivity index (χ2v) is 6.55. The van der Waals surface area contributed by atoms with E-state index in [1.165, 1.54) is 12.8 Å². The van der Waals surface area contributed by atoms with Crippen molar-refractivity contribution in [3.8, 4) is 6.07 Å². The van der Waals surface area contributed by atoms with Crippen LogP contribution in [0.5, 0.6) is 0 Å². The standard InChI is InChI=1S/C22H23N3O/c23-15-19(16-24-20-13-7-8-14-20)22(26)25-21(17-9-3-1-4-10-17)18-11-5-2-6-12-18/h1-6,9-12,16,20-21,24H,7-8,13-14H2,(H,25,26)/b19-16-. The number of carbonyl (C=O) groups is 1. The summed E-state index contributed by atoms with van der Waals surface area (Å²) < 4.78 is 0. The zero-order valence-electron chi connectivity index (χ0n) is 14.7. The zero-order chi connectivity index (χ0) is 18.2. The van der Waals surface area contributed by atoms with Gasteiger partial charge in [0.15, 0.2) is 0 Å². The van der Waals surface area contributed by atoms with Crippen LogP contribution in [-0.4, -0.2) is 11.9 Å². The number of hydrogen-bond donors (Lipinski definition) is 2. The van der Waals surface area contributed by atoms with Gasteiger partial charge in [-0.3, -0.25) is 4.79 Å². The fourth-order valence-electron chi connectivity index (χ4n) is 3.30. The van der Waals surface area contributed by atoms with Gasteiger partial charge in [-0.25, -0.2) is 0 Å². The molecule has 4 heteroatoms. The molecule has 0 saturated heterocycles. The van der Waals surface area contributed by atoms with Crippen LogP contribution in [0.2, 0.25) is 0 Å². The minimum absolute atomic E-state index is 0.105. The number of rotatable bonds is 6. The van der Waals surface area contributed by atoms with E-state index in [0.29, 0.717) is 6.04 Å². The SMILES string of the molecule is N#C/C(=C/NC1CCCC1)C(=O)NC(c1ccccc1)c1ccccc1. The summed E-state index contributed by atoms with van der Waals surface area (Å²) in [5.74, 6) is -0.365. The molecule has 1 aliphatic carbocycles. The van der Waals surface area contributed by atoms with Gasteiger partial charge in [0.2, 0.25) is 0 Å². The van der Waals surface area contributed by atoms with E-state index >= 15 is 0 Å². The number of hydrogen-bond acceptors (Lipinski definition) is 3. The molecule has 1 saturated carbocycles. The van der Waals surface area contributed by atoms with Crippen molar-refractivity contribution in [3.63, 3.8) is 0 Å². The van der Waals surface area contributed by atoms with Gasteiger partial charge in [-0.1, -0.05) is 73.5 Å². The molecule has 4 nitrogen and oxygen atoms in total. The van der Waals surface area contributed by atoms with Crippen LogP contribution >= 0.6 is 0 Å². The fraction of sp³-hybridized carbons (Fsp3) is 0.273. The van der Waals surface area contributed by atoms with Crippen molar-refractivity contribution in [2.75, 3.05) is 0 Å². The molecule has 0 unspecified atom stereocenters. The van der Waals surface area contributed by atoms with Crippen LogP contribution in [0.4, 0.5) is 0 Å². The third-order valence-electron chi connectivity index (χ3n) is 4.72. The van der Waals surface area contributed by atoms with Gasteiger partial charge in [-0.2, -0.15) is 5.26 Å². The summed E-state index contributed by atoms with van der Waals surface area (Å²) >= 11 is 0. The molecule has 1 aliphatic rings. The Labute approximate surface area is 154 Å². The monoisotopic (exact) mass is 345 g/mol. The molecule has 1 fully saturated rings. The average molecular weight is 345 g/mol. The highest BCUT2D eigenvalue weighted by Crippen LogP contribution is 2.22. The highest BCUT2D eigenvalue weighted by Gasteiger charge is 2.20. The van der Waals surface area contributed by atoms with Crippen LogP contribution in [0.1, 0.15) is 42.9 Å². The number of nitriles is 1. The second-order valence-electron chi connectivity index (χ2n) is 6.55. The maximum Gasteiger partial charge on any atom is 0.264 e. The first kappa shape index (κ1) is 17.8. The molecule has 0 spiro atoms. The van der Waals surface area contributed by atoms with Gasteiger partial charge in [0.05, 0.1) is 6.04 Å². The normalized spacial score (nSPS) is 14.8. The smallest absolute Gasteiger partial charge is 0.264 e. The Morgan fingerprint density at radius 1 is 1.00 bits per heavy atom. The third kappa shape index (κ3) is 4.52.